The highest BCUT2D eigenvalue weighted by molar-refractivity contribution is 5.10. The molecule has 0 radical (unpaired) electrons. The van der Waals surface area contributed by atoms with E-state index in [2.05, 4.69) is 16.4 Å². The van der Waals surface area contributed by atoms with Gasteiger partial charge in [0.1, 0.15) is 0 Å². The molecule has 0 amide bonds. The first-order valence-corrected chi connectivity index (χ1v) is 4.95. The molecule has 0 saturated heterocycles. The first-order valence-electron chi connectivity index (χ1n) is 4.95. The molecule has 1 aliphatic carbocycles. The van der Waals surface area contributed by atoms with Gasteiger partial charge in [-0.2, -0.15) is 5.10 Å². The maximum absolute atomic E-state index is 4.00. The van der Waals surface area contributed by atoms with E-state index >= 15 is 0 Å². The number of nitrogens with zero attached hydrogens (tertiary/aromatic N) is 1. The molecule has 2 rings (SSSR count). The smallest absolute Gasteiger partial charge is 0.0522 e. The van der Waals surface area contributed by atoms with Crippen molar-refractivity contribution in [3.8, 4) is 0 Å². The summed E-state index contributed by atoms with van der Waals surface area (Å²) in [6.07, 6.45) is 12.4. The molecular weight excluding hydrogens is 148 g/mol. The second kappa shape index (κ2) is 3.74. The Morgan fingerprint density at radius 2 is 1.92 bits per heavy atom. The summed E-state index contributed by atoms with van der Waals surface area (Å²) < 4.78 is 0. The van der Waals surface area contributed by atoms with Crippen LogP contribution in [0.15, 0.2) is 12.4 Å². The van der Waals surface area contributed by atoms with Gasteiger partial charge in [-0.1, -0.05) is 25.7 Å². The quantitative estimate of drug-likeness (QED) is 0.635. The zero-order valence-corrected chi connectivity index (χ0v) is 7.42. The Morgan fingerprint density at radius 1 is 1.17 bits per heavy atom. The van der Waals surface area contributed by atoms with Crippen LogP contribution >= 0.6 is 0 Å². The number of hydrogen-bond acceptors (Lipinski definition) is 1. The van der Waals surface area contributed by atoms with Gasteiger partial charge in [-0.05, 0) is 24.3 Å². The third kappa shape index (κ3) is 1.68. The van der Waals surface area contributed by atoms with Crippen LogP contribution in [0.1, 0.15) is 50.0 Å². The van der Waals surface area contributed by atoms with Crippen LogP contribution in [0.2, 0.25) is 0 Å². The first kappa shape index (κ1) is 7.84. The Hall–Kier alpha value is -0.790. The van der Waals surface area contributed by atoms with Crippen LogP contribution in [0.5, 0.6) is 0 Å². The van der Waals surface area contributed by atoms with E-state index in [4.69, 9.17) is 0 Å². The van der Waals surface area contributed by atoms with E-state index in [0.717, 1.165) is 5.92 Å². The molecule has 66 valence electrons. The minimum Gasteiger partial charge on any atom is -0.285 e. The van der Waals surface area contributed by atoms with Gasteiger partial charge in [-0.15, -0.1) is 0 Å². The normalized spacial score (nSPS) is 20.7. The topological polar surface area (TPSA) is 28.7 Å². The van der Waals surface area contributed by atoms with E-state index in [0.29, 0.717) is 0 Å². The summed E-state index contributed by atoms with van der Waals surface area (Å²) in [6.45, 7) is 0. The third-order valence-electron chi connectivity index (χ3n) is 2.85. The maximum Gasteiger partial charge on any atom is 0.0522 e. The van der Waals surface area contributed by atoms with E-state index in [-0.39, 0.29) is 0 Å². The fourth-order valence-corrected chi connectivity index (χ4v) is 2.10. The van der Waals surface area contributed by atoms with Crippen molar-refractivity contribution in [2.24, 2.45) is 0 Å². The average Bonchev–Trinajstić information content (AvgIpc) is 2.48. The summed E-state index contributed by atoms with van der Waals surface area (Å²) in [4.78, 5) is 0. The molecule has 1 aliphatic rings. The van der Waals surface area contributed by atoms with E-state index in [1.807, 2.05) is 6.20 Å². The number of aromatic nitrogens is 2. The Morgan fingerprint density at radius 3 is 2.50 bits per heavy atom. The van der Waals surface area contributed by atoms with Gasteiger partial charge < -0.3 is 0 Å². The lowest BCUT2D eigenvalue weighted by molar-refractivity contribution is 0.593. The largest absolute Gasteiger partial charge is 0.285 e. The molecule has 1 fully saturated rings. The zero-order chi connectivity index (χ0) is 8.23. The highest BCUT2D eigenvalue weighted by Crippen LogP contribution is 2.30. The van der Waals surface area contributed by atoms with Crippen LogP contribution in [0.3, 0.4) is 0 Å². The van der Waals surface area contributed by atoms with Crippen LogP contribution in [0.4, 0.5) is 0 Å². The van der Waals surface area contributed by atoms with E-state index in [1.54, 1.807) is 0 Å². The number of nitrogens with one attached hydrogen (secondary N) is 1. The van der Waals surface area contributed by atoms with Crippen LogP contribution in [-0.4, -0.2) is 10.2 Å². The predicted octanol–water partition coefficient (Wildman–Crippen LogP) is 2.85. The van der Waals surface area contributed by atoms with E-state index in [9.17, 15) is 0 Å². The Labute approximate surface area is 73.4 Å². The molecule has 1 aromatic rings. The van der Waals surface area contributed by atoms with Crippen molar-refractivity contribution in [2.45, 2.75) is 44.4 Å². The second-order valence-corrected chi connectivity index (χ2v) is 3.72. The molecule has 0 bridgehead atoms. The van der Waals surface area contributed by atoms with Gasteiger partial charge >= 0.3 is 0 Å². The standard InChI is InChI=1S/C10H16N2/c1-2-4-6-9(5-3-1)10-7-11-12-8-10/h7-9H,1-6H2,(H,11,12). The van der Waals surface area contributed by atoms with Gasteiger partial charge in [0.2, 0.25) is 0 Å². The van der Waals surface area contributed by atoms with Gasteiger partial charge in [0, 0.05) is 6.20 Å². The Kier molecular flexibility index (Phi) is 2.45. The molecule has 2 heteroatoms. The summed E-state index contributed by atoms with van der Waals surface area (Å²) in [5.41, 5.74) is 1.41. The zero-order valence-electron chi connectivity index (χ0n) is 7.42. The fourth-order valence-electron chi connectivity index (χ4n) is 2.10. The van der Waals surface area contributed by atoms with Gasteiger partial charge in [0.25, 0.3) is 0 Å². The fraction of sp³-hybridized carbons (Fsp3) is 0.700. The number of hydrogen-bond donors (Lipinski definition) is 1. The van der Waals surface area contributed by atoms with Crippen molar-refractivity contribution in [2.75, 3.05) is 0 Å². The highest BCUT2D eigenvalue weighted by Gasteiger charge is 2.14. The van der Waals surface area contributed by atoms with Crippen LogP contribution in [-0.2, 0) is 0 Å². The molecule has 12 heavy (non-hydrogen) atoms. The van der Waals surface area contributed by atoms with Crippen molar-refractivity contribution in [3.05, 3.63) is 18.0 Å². The lowest BCUT2D eigenvalue weighted by Crippen LogP contribution is -1.94. The van der Waals surface area contributed by atoms with Crippen molar-refractivity contribution in [1.82, 2.24) is 10.2 Å². The van der Waals surface area contributed by atoms with Crippen molar-refractivity contribution in [1.29, 1.82) is 0 Å². The molecule has 2 nitrogen and oxygen atoms in total. The molecule has 0 aromatic carbocycles. The van der Waals surface area contributed by atoms with Crippen LogP contribution < -0.4 is 0 Å². The third-order valence-corrected chi connectivity index (χ3v) is 2.85. The lowest BCUT2D eigenvalue weighted by Gasteiger charge is -2.10. The Balaban J connectivity index is 2.02. The van der Waals surface area contributed by atoms with Crippen molar-refractivity contribution < 1.29 is 0 Å². The number of rotatable bonds is 1. The second-order valence-electron chi connectivity index (χ2n) is 3.72. The van der Waals surface area contributed by atoms with Crippen LogP contribution in [0, 0.1) is 0 Å². The van der Waals surface area contributed by atoms with Crippen molar-refractivity contribution in [3.63, 3.8) is 0 Å². The van der Waals surface area contributed by atoms with Gasteiger partial charge in [0.05, 0.1) is 6.20 Å². The summed E-state index contributed by atoms with van der Waals surface area (Å²) in [7, 11) is 0. The average molecular weight is 164 g/mol. The molecule has 1 heterocycles. The predicted molar refractivity (Wildman–Crippen MR) is 49.0 cm³/mol. The monoisotopic (exact) mass is 164 g/mol. The molecule has 1 N–H and O–H groups in total. The molecule has 0 atom stereocenters. The van der Waals surface area contributed by atoms with E-state index < -0.39 is 0 Å². The number of H-pyrrole nitrogens is 1. The lowest BCUT2D eigenvalue weighted by atomic mass is 9.95. The SMILES string of the molecule is c1n[nH]cc1C1CCCCCC1. The molecular formula is C10H16N2. The van der Waals surface area contributed by atoms with Crippen molar-refractivity contribution >= 4 is 0 Å². The Bertz CT molecular complexity index is 208. The summed E-state index contributed by atoms with van der Waals surface area (Å²) in [5.74, 6) is 0.784. The summed E-state index contributed by atoms with van der Waals surface area (Å²) >= 11 is 0. The molecule has 0 unspecified atom stereocenters. The minimum atomic E-state index is 0.784. The molecule has 0 spiro atoms. The molecule has 1 aromatic heterocycles. The minimum absolute atomic E-state index is 0.784. The first-order chi connectivity index (χ1) is 5.97. The van der Waals surface area contributed by atoms with Gasteiger partial charge in [-0.25, -0.2) is 0 Å². The molecule has 0 aliphatic heterocycles. The van der Waals surface area contributed by atoms with Gasteiger partial charge in [-0.3, -0.25) is 5.10 Å². The van der Waals surface area contributed by atoms with Gasteiger partial charge in [0.15, 0.2) is 0 Å². The summed E-state index contributed by atoms with van der Waals surface area (Å²) in [5, 5.41) is 6.90. The van der Waals surface area contributed by atoms with E-state index in [1.165, 1.54) is 44.1 Å². The number of aromatic amines is 1. The van der Waals surface area contributed by atoms with Crippen LogP contribution in [0.25, 0.3) is 0 Å². The highest BCUT2D eigenvalue weighted by atomic mass is 15.1. The summed E-state index contributed by atoms with van der Waals surface area (Å²) in [6, 6.07) is 0. The molecule has 1 saturated carbocycles. The maximum atomic E-state index is 4.00.